The molecule has 2 aromatic carbocycles. The third-order valence-corrected chi connectivity index (χ3v) is 5.13. The van der Waals surface area contributed by atoms with Gasteiger partial charge < -0.3 is 10.4 Å². The first-order valence-electron chi connectivity index (χ1n) is 10.2. The molecule has 6 nitrogen and oxygen atoms in total. The Morgan fingerprint density at radius 2 is 1.64 bits per heavy atom. The molecule has 0 fully saturated rings. The third kappa shape index (κ3) is 6.61. The highest BCUT2D eigenvalue weighted by molar-refractivity contribution is 5.92. The van der Waals surface area contributed by atoms with Crippen molar-refractivity contribution < 1.29 is 27.9 Å². The van der Waals surface area contributed by atoms with Crippen LogP contribution in [0.15, 0.2) is 67.0 Å². The number of nitrogens with zero attached hydrogens (tertiary/aromatic N) is 2. The number of carboxylic acids is 1. The Morgan fingerprint density at radius 1 is 1.00 bits per heavy atom. The van der Waals surface area contributed by atoms with Gasteiger partial charge in [-0.3, -0.25) is 9.59 Å². The topological polar surface area (TPSA) is 92.2 Å². The Morgan fingerprint density at radius 3 is 2.24 bits per heavy atom. The van der Waals surface area contributed by atoms with Gasteiger partial charge in [0, 0.05) is 12.1 Å². The molecule has 0 saturated carbocycles. The van der Waals surface area contributed by atoms with Crippen molar-refractivity contribution in [2.75, 3.05) is 0 Å². The van der Waals surface area contributed by atoms with Crippen LogP contribution in [0.2, 0.25) is 0 Å². The van der Waals surface area contributed by atoms with E-state index in [-0.39, 0.29) is 6.42 Å². The van der Waals surface area contributed by atoms with Gasteiger partial charge in [0.1, 0.15) is 17.7 Å². The third-order valence-electron chi connectivity index (χ3n) is 5.13. The van der Waals surface area contributed by atoms with E-state index < -0.39 is 41.4 Å². The van der Waals surface area contributed by atoms with Crippen LogP contribution in [0.4, 0.5) is 13.2 Å². The first kappa shape index (κ1) is 23.9. The Labute approximate surface area is 188 Å². The van der Waals surface area contributed by atoms with Crippen molar-refractivity contribution in [2.24, 2.45) is 5.92 Å². The van der Waals surface area contributed by atoms with Crippen LogP contribution in [-0.2, 0) is 17.4 Å². The van der Waals surface area contributed by atoms with Gasteiger partial charge >= 0.3 is 12.1 Å². The van der Waals surface area contributed by atoms with Crippen LogP contribution in [0, 0.1) is 5.92 Å². The van der Waals surface area contributed by atoms with Gasteiger partial charge in [-0.05, 0) is 29.5 Å². The minimum Gasteiger partial charge on any atom is -0.481 e. The van der Waals surface area contributed by atoms with Crippen molar-refractivity contribution in [3.8, 4) is 11.1 Å². The van der Waals surface area contributed by atoms with E-state index in [0.717, 1.165) is 16.7 Å². The molecule has 0 aliphatic carbocycles. The second-order valence-corrected chi connectivity index (χ2v) is 7.70. The van der Waals surface area contributed by atoms with Crippen LogP contribution in [0.25, 0.3) is 11.1 Å². The monoisotopic (exact) mass is 457 g/mol. The fourth-order valence-corrected chi connectivity index (χ4v) is 3.37. The average Bonchev–Trinajstić information content (AvgIpc) is 2.79. The SMILES string of the molecule is C[C@H](CC(Cc1ccc(-c2ccccc2)cc1)NC(=O)c1cc(C(F)(F)F)ncn1)C(=O)O. The quantitative estimate of drug-likeness (QED) is 0.515. The molecule has 3 rings (SSSR count). The summed E-state index contributed by atoms with van der Waals surface area (Å²) in [6, 6.07) is 17.3. The molecular weight excluding hydrogens is 435 g/mol. The van der Waals surface area contributed by atoms with Crippen molar-refractivity contribution in [2.45, 2.75) is 32.0 Å². The summed E-state index contributed by atoms with van der Waals surface area (Å²) in [6.45, 7) is 1.51. The Balaban J connectivity index is 1.77. The summed E-state index contributed by atoms with van der Waals surface area (Å²) >= 11 is 0. The van der Waals surface area contributed by atoms with E-state index in [2.05, 4.69) is 15.3 Å². The van der Waals surface area contributed by atoms with Crippen molar-refractivity contribution in [3.63, 3.8) is 0 Å². The lowest BCUT2D eigenvalue weighted by Crippen LogP contribution is -2.39. The number of carbonyl (C=O) groups is 2. The molecule has 0 spiro atoms. The first-order chi connectivity index (χ1) is 15.6. The number of alkyl halides is 3. The summed E-state index contributed by atoms with van der Waals surface area (Å²) in [5, 5.41) is 11.9. The summed E-state index contributed by atoms with van der Waals surface area (Å²) in [5.74, 6) is -2.63. The normalized spacial score (nSPS) is 13.2. The molecule has 2 N–H and O–H groups in total. The van der Waals surface area contributed by atoms with Gasteiger partial charge in [0.25, 0.3) is 5.91 Å². The second kappa shape index (κ2) is 10.2. The van der Waals surface area contributed by atoms with Crippen LogP contribution in [0.3, 0.4) is 0 Å². The molecule has 1 amide bonds. The fraction of sp³-hybridized carbons (Fsp3) is 0.250. The van der Waals surface area contributed by atoms with Gasteiger partial charge in [0.05, 0.1) is 5.92 Å². The molecule has 0 aliphatic rings. The highest BCUT2D eigenvalue weighted by atomic mass is 19.4. The van der Waals surface area contributed by atoms with E-state index in [1.807, 2.05) is 54.6 Å². The Kier molecular flexibility index (Phi) is 7.42. The zero-order chi connectivity index (χ0) is 24.0. The van der Waals surface area contributed by atoms with Gasteiger partial charge in [-0.15, -0.1) is 0 Å². The molecule has 0 saturated heterocycles. The zero-order valence-electron chi connectivity index (χ0n) is 17.7. The van der Waals surface area contributed by atoms with E-state index in [1.165, 1.54) is 6.92 Å². The van der Waals surface area contributed by atoms with Gasteiger partial charge in [-0.1, -0.05) is 61.5 Å². The predicted molar refractivity (Wildman–Crippen MR) is 115 cm³/mol. The average molecular weight is 457 g/mol. The smallest absolute Gasteiger partial charge is 0.433 e. The van der Waals surface area contributed by atoms with Crippen LogP contribution in [0.5, 0.6) is 0 Å². The summed E-state index contributed by atoms with van der Waals surface area (Å²) in [5.41, 5.74) is 1.22. The molecule has 1 heterocycles. The van der Waals surface area contributed by atoms with Crippen molar-refractivity contribution >= 4 is 11.9 Å². The largest absolute Gasteiger partial charge is 0.481 e. The van der Waals surface area contributed by atoms with E-state index in [0.29, 0.717) is 18.8 Å². The Bertz CT molecular complexity index is 1100. The van der Waals surface area contributed by atoms with Crippen LogP contribution in [0.1, 0.15) is 35.1 Å². The lowest BCUT2D eigenvalue weighted by atomic mass is 9.95. The zero-order valence-corrected chi connectivity index (χ0v) is 17.7. The molecule has 172 valence electrons. The number of carbonyl (C=O) groups excluding carboxylic acids is 1. The van der Waals surface area contributed by atoms with Crippen LogP contribution in [-0.4, -0.2) is 33.0 Å². The number of hydrogen-bond acceptors (Lipinski definition) is 4. The van der Waals surface area contributed by atoms with Crippen LogP contribution < -0.4 is 5.32 Å². The number of nitrogens with one attached hydrogen (secondary N) is 1. The summed E-state index contributed by atoms with van der Waals surface area (Å²) < 4.78 is 38.7. The molecule has 33 heavy (non-hydrogen) atoms. The first-order valence-corrected chi connectivity index (χ1v) is 10.2. The molecule has 3 aromatic rings. The number of benzene rings is 2. The van der Waals surface area contributed by atoms with Crippen molar-refractivity contribution in [1.29, 1.82) is 0 Å². The van der Waals surface area contributed by atoms with E-state index >= 15 is 0 Å². The lowest BCUT2D eigenvalue weighted by molar-refractivity contribution is -0.142. The number of amides is 1. The second-order valence-electron chi connectivity index (χ2n) is 7.70. The number of aromatic nitrogens is 2. The van der Waals surface area contributed by atoms with E-state index in [1.54, 1.807) is 0 Å². The van der Waals surface area contributed by atoms with E-state index in [9.17, 15) is 27.9 Å². The minimum absolute atomic E-state index is 0.0960. The number of halogens is 3. The lowest BCUT2D eigenvalue weighted by Gasteiger charge is -2.21. The standard InChI is InChI=1S/C24H22F3N3O3/c1-15(23(32)33)11-19(30-22(31)20-13-21(24(25,26)27)29-14-28-20)12-16-7-9-18(10-8-16)17-5-3-2-4-6-17/h2-10,13-15,19H,11-12H2,1H3,(H,30,31)(H,32,33)/t15-,19?/m1/s1. The maximum absolute atomic E-state index is 12.9. The van der Waals surface area contributed by atoms with Gasteiger partial charge in [-0.25, -0.2) is 9.97 Å². The molecule has 1 aromatic heterocycles. The summed E-state index contributed by atoms with van der Waals surface area (Å²) in [7, 11) is 0. The highest BCUT2D eigenvalue weighted by Gasteiger charge is 2.33. The molecule has 9 heteroatoms. The summed E-state index contributed by atoms with van der Waals surface area (Å²) in [6.07, 6.45) is -3.64. The summed E-state index contributed by atoms with van der Waals surface area (Å²) in [4.78, 5) is 30.7. The molecule has 0 bridgehead atoms. The highest BCUT2D eigenvalue weighted by Crippen LogP contribution is 2.27. The maximum atomic E-state index is 12.9. The number of carboxylic acid groups (broad SMARTS) is 1. The van der Waals surface area contributed by atoms with Gasteiger partial charge in [-0.2, -0.15) is 13.2 Å². The van der Waals surface area contributed by atoms with E-state index in [4.69, 9.17) is 0 Å². The molecule has 2 atom stereocenters. The number of aliphatic carboxylic acids is 1. The van der Waals surface area contributed by atoms with Crippen LogP contribution >= 0.6 is 0 Å². The predicted octanol–water partition coefficient (Wildman–Crippen LogP) is 4.61. The Hall–Kier alpha value is -3.75. The molecule has 0 aliphatic heterocycles. The number of hydrogen-bond donors (Lipinski definition) is 2. The molecule has 1 unspecified atom stereocenters. The molecular formula is C24H22F3N3O3. The minimum atomic E-state index is -4.71. The van der Waals surface area contributed by atoms with Crippen molar-refractivity contribution in [1.82, 2.24) is 15.3 Å². The van der Waals surface area contributed by atoms with Gasteiger partial charge in [0.2, 0.25) is 0 Å². The maximum Gasteiger partial charge on any atom is 0.433 e. The van der Waals surface area contributed by atoms with Gasteiger partial charge in [0.15, 0.2) is 0 Å². The number of rotatable bonds is 8. The van der Waals surface area contributed by atoms with Crippen molar-refractivity contribution in [3.05, 3.63) is 83.9 Å². The fourth-order valence-electron chi connectivity index (χ4n) is 3.37. The molecule has 0 radical (unpaired) electrons.